The average Bonchev–Trinajstić information content (AvgIpc) is 3.75. The first-order chi connectivity index (χ1) is 26.6. The smallest absolute Gasteiger partial charge is 0.0499 e. The van der Waals surface area contributed by atoms with Crippen LogP contribution >= 0.6 is 11.3 Å². The molecule has 1 heterocycles. The van der Waals surface area contributed by atoms with Crippen LogP contribution in [0.25, 0.3) is 48.5 Å². The van der Waals surface area contributed by atoms with Gasteiger partial charge < -0.3 is 4.90 Å². The molecule has 0 radical (unpaired) electrons. The first kappa shape index (κ1) is 33.6. The van der Waals surface area contributed by atoms with Crippen LogP contribution in [0.1, 0.15) is 41.2 Å². The molecule has 1 unspecified atom stereocenters. The van der Waals surface area contributed by atoms with Gasteiger partial charge in [0.05, 0.1) is 0 Å². The highest BCUT2D eigenvalue weighted by Gasteiger charge is 2.45. The maximum Gasteiger partial charge on any atom is 0.0499 e. The number of rotatable bonds is 9. The Labute approximate surface area is 322 Å². The molecular weight excluding hydrogens is 671 g/mol. The summed E-state index contributed by atoms with van der Waals surface area (Å²) in [5, 5.41) is 2.65. The zero-order valence-electron chi connectivity index (χ0n) is 30.7. The minimum absolute atomic E-state index is 0.398. The summed E-state index contributed by atoms with van der Waals surface area (Å²) in [6.07, 6.45) is 11.6. The molecule has 2 heteroatoms. The van der Waals surface area contributed by atoms with Gasteiger partial charge in [-0.2, -0.15) is 0 Å². The van der Waals surface area contributed by atoms with Crippen LogP contribution in [0.5, 0.6) is 0 Å². The highest BCUT2D eigenvalue weighted by molar-refractivity contribution is 7.26. The monoisotopic (exact) mass is 711 g/mol. The van der Waals surface area contributed by atoms with Gasteiger partial charge in [-0.05, 0) is 101 Å². The highest BCUT2D eigenvalue weighted by atomic mass is 32.1. The fourth-order valence-corrected chi connectivity index (χ4v) is 9.83. The van der Waals surface area contributed by atoms with Gasteiger partial charge in [-0.3, -0.25) is 0 Å². The molecule has 1 atom stereocenters. The summed E-state index contributed by atoms with van der Waals surface area (Å²) in [6.45, 7) is 8.44. The van der Waals surface area contributed by atoms with E-state index in [9.17, 15) is 0 Å². The number of hydrogen-bond donors (Lipinski definition) is 0. The number of hydrogen-bond acceptors (Lipinski definition) is 2. The molecule has 1 aliphatic rings. The molecule has 0 bridgehead atoms. The SMILES string of the molecule is C=Cc1cccc(N(c2ccc(-c3ccccc3)cc2)c2ccc3c(c2)C(C/C=C\C=C/C)(c2ccccc2)c2ccc4c(sc5ccccc54)c2-3)c1C. The number of thiophene rings is 1. The summed E-state index contributed by atoms with van der Waals surface area (Å²) >= 11 is 1.92. The Morgan fingerprint density at radius 3 is 2.15 bits per heavy atom. The molecular formula is C52H41NS. The molecule has 0 saturated carbocycles. The molecule has 0 fully saturated rings. The standard InChI is InChI=1S/C52H41NS/c1-4-6-7-16-34-52(40-21-12-9-13-22-40)46-33-32-44-43-23-14-15-25-49(43)54-51(44)50(46)45-31-30-42(35-47(45)52)53(48-24-17-20-37(5-2)36(48)3)41-28-26-39(27-29-41)38-18-10-8-11-19-38/h4-33,35H,2,34H2,1,3H3/b6-4-,16-7-. The van der Waals surface area contributed by atoms with Crippen molar-refractivity contribution in [1.29, 1.82) is 0 Å². The fraction of sp³-hybridized carbons (Fsp3) is 0.0769. The molecule has 8 aromatic rings. The lowest BCUT2D eigenvalue weighted by molar-refractivity contribution is 0.645. The third kappa shape index (κ3) is 5.45. The van der Waals surface area contributed by atoms with Crippen molar-refractivity contribution in [2.45, 2.75) is 25.7 Å². The second-order valence-electron chi connectivity index (χ2n) is 14.1. The van der Waals surface area contributed by atoms with E-state index >= 15 is 0 Å². The Balaban J connectivity index is 1.32. The molecule has 0 spiro atoms. The molecule has 0 aliphatic heterocycles. The van der Waals surface area contributed by atoms with Crippen molar-refractivity contribution in [1.82, 2.24) is 0 Å². The highest BCUT2D eigenvalue weighted by Crippen LogP contribution is 2.59. The average molecular weight is 712 g/mol. The van der Waals surface area contributed by atoms with E-state index in [1.54, 1.807) is 0 Å². The van der Waals surface area contributed by atoms with Crippen molar-refractivity contribution in [3.63, 3.8) is 0 Å². The Morgan fingerprint density at radius 1 is 0.648 bits per heavy atom. The maximum absolute atomic E-state index is 4.16. The third-order valence-electron chi connectivity index (χ3n) is 11.2. The molecule has 1 aromatic heterocycles. The zero-order chi connectivity index (χ0) is 36.6. The maximum atomic E-state index is 4.16. The van der Waals surface area contributed by atoms with Gasteiger partial charge in [-0.1, -0.05) is 158 Å². The van der Waals surface area contributed by atoms with Crippen LogP contribution < -0.4 is 4.90 Å². The van der Waals surface area contributed by atoms with Crippen molar-refractivity contribution >= 4 is 54.6 Å². The number of allylic oxidation sites excluding steroid dienone is 4. The van der Waals surface area contributed by atoms with E-state index in [0.29, 0.717) is 0 Å². The summed E-state index contributed by atoms with van der Waals surface area (Å²) < 4.78 is 2.69. The largest absolute Gasteiger partial charge is 0.310 e. The Bertz CT molecular complexity index is 2710. The zero-order valence-corrected chi connectivity index (χ0v) is 31.5. The van der Waals surface area contributed by atoms with Crippen molar-refractivity contribution in [2.75, 3.05) is 4.90 Å². The molecule has 0 N–H and O–H groups in total. The normalized spacial score (nSPS) is 14.9. The molecule has 1 aliphatic carbocycles. The van der Waals surface area contributed by atoms with E-state index < -0.39 is 5.41 Å². The molecule has 0 saturated heterocycles. The van der Waals surface area contributed by atoms with Crippen LogP contribution in [0.15, 0.2) is 189 Å². The second-order valence-corrected chi connectivity index (χ2v) is 15.1. The van der Waals surface area contributed by atoms with Crippen LogP contribution in [0.4, 0.5) is 17.1 Å². The van der Waals surface area contributed by atoms with Crippen LogP contribution in [-0.2, 0) is 5.41 Å². The first-order valence-corrected chi connectivity index (χ1v) is 19.5. The number of benzene rings is 7. The van der Waals surface area contributed by atoms with Crippen LogP contribution in [-0.4, -0.2) is 0 Å². The van der Waals surface area contributed by atoms with Gasteiger partial charge in [-0.25, -0.2) is 0 Å². The van der Waals surface area contributed by atoms with Crippen molar-refractivity contribution in [2.24, 2.45) is 0 Å². The summed E-state index contributed by atoms with van der Waals surface area (Å²) in [4.78, 5) is 2.43. The van der Waals surface area contributed by atoms with E-state index in [1.807, 2.05) is 17.4 Å². The van der Waals surface area contributed by atoms with Crippen molar-refractivity contribution in [3.05, 3.63) is 216 Å². The Kier molecular flexibility index (Phi) is 8.69. The third-order valence-corrected chi connectivity index (χ3v) is 12.4. The molecule has 260 valence electrons. The predicted molar refractivity (Wildman–Crippen MR) is 235 cm³/mol. The number of anilines is 3. The van der Waals surface area contributed by atoms with Gasteiger partial charge in [0.15, 0.2) is 0 Å². The molecule has 1 nitrogen and oxygen atoms in total. The number of fused-ring (bicyclic) bond motifs is 7. The Hall–Kier alpha value is -6.22. The first-order valence-electron chi connectivity index (χ1n) is 18.7. The quantitative estimate of drug-likeness (QED) is 0.135. The number of nitrogens with zero attached hydrogens (tertiary/aromatic N) is 1. The summed E-state index contributed by atoms with van der Waals surface area (Å²) in [6, 6.07) is 58.1. The minimum atomic E-state index is -0.398. The lowest BCUT2D eigenvalue weighted by Gasteiger charge is -2.34. The van der Waals surface area contributed by atoms with Crippen molar-refractivity contribution in [3.8, 4) is 22.3 Å². The lowest BCUT2D eigenvalue weighted by atomic mass is 9.70. The van der Waals surface area contributed by atoms with E-state index in [1.165, 1.54) is 64.7 Å². The topological polar surface area (TPSA) is 3.24 Å². The summed E-state index contributed by atoms with van der Waals surface area (Å²) in [5.41, 5.74) is 14.4. The van der Waals surface area contributed by atoms with Crippen molar-refractivity contribution < 1.29 is 0 Å². The fourth-order valence-electron chi connectivity index (χ4n) is 8.57. The summed E-state index contributed by atoms with van der Waals surface area (Å²) in [5.74, 6) is 0. The van der Waals surface area contributed by atoms with Gasteiger partial charge >= 0.3 is 0 Å². The molecule has 7 aromatic carbocycles. The van der Waals surface area contributed by atoms with Crippen LogP contribution in [0.2, 0.25) is 0 Å². The Morgan fingerprint density at radius 2 is 1.37 bits per heavy atom. The van der Waals surface area contributed by atoms with E-state index in [0.717, 1.165) is 29.0 Å². The second kappa shape index (κ2) is 14.0. The predicted octanol–water partition coefficient (Wildman–Crippen LogP) is 15.0. The minimum Gasteiger partial charge on any atom is -0.310 e. The molecule has 0 amide bonds. The molecule has 54 heavy (non-hydrogen) atoms. The van der Waals surface area contributed by atoms with Gasteiger partial charge in [0, 0.05) is 48.2 Å². The van der Waals surface area contributed by atoms with Crippen LogP contribution in [0, 0.1) is 6.92 Å². The van der Waals surface area contributed by atoms with Crippen LogP contribution in [0.3, 0.4) is 0 Å². The molecule has 9 rings (SSSR count). The van der Waals surface area contributed by atoms with Gasteiger partial charge in [-0.15, -0.1) is 11.3 Å². The van der Waals surface area contributed by atoms with Gasteiger partial charge in [0.1, 0.15) is 0 Å². The summed E-state index contributed by atoms with van der Waals surface area (Å²) in [7, 11) is 0. The lowest BCUT2D eigenvalue weighted by Crippen LogP contribution is -2.26. The van der Waals surface area contributed by atoms with E-state index in [4.69, 9.17) is 0 Å². The van der Waals surface area contributed by atoms with Gasteiger partial charge in [0.25, 0.3) is 0 Å². The van der Waals surface area contributed by atoms with Gasteiger partial charge in [0.2, 0.25) is 0 Å². The van der Waals surface area contributed by atoms with E-state index in [-0.39, 0.29) is 0 Å². The van der Waals surface area contributed by atoms with E-state index in [2.05, 4.69) is 207 Å².